The number of aryl methyl sites for hydroxylation is 1. The molecule has 0 fully saturated rings. The molecule has 0 aromatic heterocycles. The van der Waals surface area contributed by atoms with Crippen LogP contribution < -0.4 is 5.73 Å². The van der Waals surface area contributed by atoms with Crippen molar-refractivity contribution < 1.29 is 0 Å². The molecule has 0 saturated carbocycles. The molecule has 104 valence electrons. The Morgan fingerprint density at radius 3 is 1.57 bits per heavy atom. The number of anilines is 1. The molecule has 0 aliphatic rings. The Morgan fingerprint density at radius 1 is 0.619 bits per heavy atom. The molecule has 0 aliphatic carbocycles. The number of rotatable bonds is 3. The van der Waals surface area contributed by atoms with Gasteiger partial charge < -0.3 is 5.73 Å². The van der Waals surface area contributed by atoms with Crippen LogP contribution in [-0.4, -0.2) is 0 Å². The fraction of sp³-hybridized carbons (Fsp3) is 0.0526. The van der Waals surface area contributed by atoms with Crippen LogP contribution in [0.1, 0.15) is 5.56 Å². The third-order valence-corrected chi connectivity index (χ3v) is 4.37. The van der Waals surface area contributed by atoms with E-state index in [1.54, 1.807) is 11.8 Å². The molecule has 0 spiro atoms. The Kier molecular flexibility index (Phi) is 3.98. The minimum absolute atomic E-state index is 0.800. The van der Waals surface area contributed by atoms with Crippen LogP contribution in [0.4, 0.5) is 5.69 Å². The predicted molar refractivity (Wildman–Crippen MR) is 91.6 cm³/mol. The van der Waals surface area contributed by atoms with E-state index in [0.29, 0.717) is 0 Å². The van der Waals surface area contributed by atoms with Gasteiger partial charge >= 0.3 is 0 Å². The predicted octanol–water partition coefficient (Wildman–Crippen LogP) is 5.40. The lowest BCUT2D eigenvalue weighted by Gasteiger charge is -2.05. The highest BCUT2D eigenvalue weighted by Crippen LogP contribution is 2.30. The smallest absolute Gasteiger partial charge is 0.0314 e. The summed E-state index contributed by atoms with van der Waals surface area (Å²) < 4.78 is 0. The van der Waals surface area contributed by atoms with Gasteiger partial charge in [0.25, 0.3) is 0 Å². The van der Waals surface area contributed by atoms with Gasteiger partial charge in [-0.25, -0.2) is 0 Å². The van der Waals surface area contributed by atoms with Gasteiger partial charge in [-0.05, 0) is 54.4 Å². The summed E-state index contributed by atoms with van der Waals surface area (Å²) in [5, 5.41) is 0. The first-order valence-corrected chi connectivity index (χ1v) is 7.73. The molecule has 2 heteroatoms. The SMILES string of the molecule is Cc1ccc(-c2ccc(Sc3ccc(N)cc3)cc2)cc1. The van der Waals surface area contributed by atoms with Crippen LogP contribution >= 0.6 is 11.8 Å². The second-order valence-electron chi connectivity index (χ2n) is 5.06. The molecule has 0 amide bonds. The topological polar surface area (TPSA) is 26.0 Å². The first kappa shape index (κ1) is 13.8. The monoisotopic (exact) mass is 291 g/mol. The molecule has 0 bridgehead atoms. The molecular weight excluding hydrogens is 274 g/mol. The van der Waals surface area contributed by atoms with Crippen LogP contribution in [0.3, 0.4) is 0 Å². The molecule has 21 heavy (non-hydrogen) atoms. The van der Waals surface area contributed by atoms with Crippen LogP contribution in [0.25, 0.3) is 11.1 Å². The maximum absolute atomic E-state index is 5.71. The van der Waals surface area contributed by atoms with E-state index in [4.69, 9.17) is 5.73 Å². The van der Waals surface area contributed by atoms with E-state index < -0.39 is 0 Å². The van der Waals surface area contributed by atoms with Crippen molar-refractivity contribution in [2.45, 2.75) is 16.7 Å². The molecular formula is C19H17NS. The Morgan fingerprint density at radius 2 is 1.05 bits per heavy atom. The van der Waals surface area contributed by atoms with Crippen molar-refractivity contribution >= 4 is 17.4 Å². The van der Waals surface area contributed by atoms with Crippen LogP contribution in [0, 0.1) is 6.92 Å². The van der Waals surface area contributed by atoms with Crippen LogP contribution in [-0.2, 0) is 0 Å². The van der Waals surface area contributed by atoms with Crippen molar-refractivity contribution in [1.82, 2.24) is 0 Å². The molecule has 2 N–H and O–H groups in total. The standard InChI is InChI=1S/C19H17NS/c1-14-2-4-15(5-3-14)16-6-10-18(11-7-16)21-19-12-8-17(20)9-13-19/h2-13H,20H2,1H3. The molecule has 1 nitrogen and oxygen atoms in total. The van der Waals surface area contributed by atoms with E-state index >= 15 is 0 Å². The summed E-state index contributed by atoms with van der Waals surface area (Å²) in [5.41, 5.74) is 10.3. The lowest BCUT2D eigenvalue weighted by molar-refractivity contribution is 1.40. The van der Waals surface area contributed by atoms with Crippen molar-refractivity contribution in [2.24, 2.45) is 0 Å². The van der Waals surface area contributed by atoms with Crippen molar-refractivity contribution in [3.63, 3.8) is 0 Å². The lowest BCUT2D eigenvalue weighted by Crippen LogP contribution is -1.82. The average Bonchev–Trinajstić information content (AvgIpc) is 2.51. The third-order valence-electron chi connectivity index (χ3n) is 3.36. The number of hydrogen-bond acceptors (Lipinski definition) is 2. The van der Waals surface area contributed by atoms with E-state index in [9.17, 15) is 0 Å². The largest absolute Gasteiger partial charge is 0.399 e. The van der Waals surface area contributed by atoms with Gasteiger partial charge in [0.2, 0.25) is 0 Å². The fourth-order valence-electron chi connectivity index (χ4n) is 2.13. The molecule has 0 radical (unpaired) electrons. The minimum Gasteiger partial charge on any atom is -0.399 e. The third kappa shape index (κ3) is 3.47. The summed E-state index contributed by atoms with van der Waals surface area (Å²) in [4.78, 5) is 2.43. The maximum Gasteiger partial charge on any atom is 0.0314 e. The van der Waals surface area contributed by atoms with Crippen molar-refractivity contribution in [3.05, 3.63) is 78.4 Å². The number of benzene rings is 3. The van der Waals surface area contributed by atoms with Gasteiger partial charge in [0, 0.05) is 15.5 Å². The molecule has 0 aliphatic heterocycles. The molecule has 0 heterocycles. The van der Waals surface area contributed by atoms with Crippen molar-refractivity contribution in [1.29, 1.82) is 0 Å². The van der Waals surface area contributed by atoms with Crippen LogP contribution in [0.15, 0.2) is 82.6 Å². The summed E-state index contributed by atoms with van der Waals surface area (Å²) in [7, 11) is 0. The number of nitrogen functional groups attached to an aromatic ring is 1. The molecule has 0 saturated heterocycles. The zero-order chi connectivity index (χ0) is 14.7. The van der Waals surface area contributed by atoms with E-state index in [1.807, 2.05) is 24.3 Å². The fourth-order valence-corrected chi connectivity index (χ4v) is 2.95. The van der Waals surface area contributed by atoms with Gasteiger partial charge in [-0.1, -0.05) is 53.7 Å². The quantitative estimate of drug-likeness (QED) is 0.654. The first-order chi connectivity index (χ1) is 10.2. The zero-order valence-electron chi connectivity index (χ0n) is 11.9. The first-order valence-electron chi connectivity index (χ1n) is 6.91. The highest BCUT2D eigenvalue weighted by molar-refractivity contribution is 7.99. The molecule has 3 aromatic rings. The average molecular weight is 291 g/mol. The van der Waals surface area contributed by atoms with Gasteiger partial charge in [-0.3, -0.25) is 0 Å². The van der Waals surface area contributed by atoms with Crippen molar-refractivity contribution in [3.8, 4) is 11.1 Å². The summed E-state index contributed by atoms with van der Waals surface area (Å²) in [5.74, 6) is 0. The normalized spacial score (nSPS) is 10.5. The zero-order valence-corrected chi connectivity index (χ0v) is 12.7. The Balaban J connectivity index is 1.77. The van der Waals surface area contributed by atoms with Crippen molar-refractivity contribution in [2.75, 3.05) is 5.73 Å². The van der Waals surface area contributed by atoms with E-state index in [0.717, 1.165) is 5.69 Å². The van der Waals surface area contributed by atoms with Gasteiger partial charge in [0.15, 0.2) is 0 Å². The maximum atomic E-state index is 5.71. The summed E-state index contributed by atoms with van der Waals surface area (Å²) in [6, 6.07) is 25.3. The Labute approximate surface area is 129 Å². The second kappa shape index (κ2) is 6.06. The molecule has 3 aromatic carbocycles. The lowest BCUT2D eigenvalue weighted by atomic mass is 10.0. The van der Waals surface area contributed by atoms with Gasteiger partial charge in [-0.2, -0.15) is 0 Å². The summed E-state index contributed by atoms with van der Waals surface area (Å²) >= 11 is 1.75. The Hall–Kier alpha value is -2.19. The minimum atomic E-state index is 0.800. The van der Waals surface area contributed by atoms with Crippen LogP contribution in [0.2, 0.25) is 0 Å². The van der Waals surface area contributed by atoms with E-state index in [1.165, 1.54) is 26.5 Å². The van der Waals surface area contributed by atoms with E-state index in [-0.39, 0.29) is 0 Å². The summed E-state index contributed by atoms with van der Waals surface area (Å²) in [6.07, 6.45) is 0. The number of hydrogen-bond donors (Lipinski definition) is 1. The van der Waals surface area contributed by atoms with Gasteiger partial charge in [0.05, 0.1) is 0 Å². The molecule has 0 atom stereocenters. The summed E-state index contributed by atoms with van der Waals surface area (Å²) in [6.45, 7) is 2.11. The molecule has 0 unspecified atom stereocenters. The number of nitrogens with two attached hydrogens (primary N) is 1. The molecule has 3 rings (SSSR count). The van der Waals surface area contributed by atoms with E-state index in [2.05, 4.69) is 55.5 Å². The van der Waals surface area contributed by atoms with Crippen LogP contribution in [0.5, 0.6) is 0 Å². The highest BCUT2D eigenvalue weighted by atomic mass is 32.2. The highest BCUT2D eigenvalue weighted by Gasteiger charge is 2.00. The van der Waals surface area contributed by atoms with Gasteiger partial charge in [0.1, 0.15) is 0 Å². The Bertz CT molecular complexity index is 713. The second-order valence-corrected chi connectivity index (χ2v) is 6.21. The van der Waals surface area contributed by atoms with Gasteiger partial charge in [-0.15, -0.1) is 0 Å².